The van der Waals surface area contributed by atoms with Crippen LogP contribution in [-0.2, 0) is 19.1 Å². The lowest BCUT2D eigenvalue weighted by atomic mass is 10.1. The van der Waals surface area contributed by atoms with E-state index in [9.17, 15) is 19.2 Å². The van der Waals surface area contributed by atoms with Crippen molar-refractivity contribution in [3.05, 3.63) is 35.4 Å². The number of rotatable bonds is 7. The van der Waals surface area contributed by atoms with Gasteiger partial charge in [-0.3, -0.25) is 19.3 Å². The largest absolute Gasteiger partial charge is 0.465 e. The molecule has 0 bridgehead atoms. The summed E-state index contributed by atoms with van der Waals surface area (Å²) >= 11 is 3.15. The minimum absolute atomic E-state index is 0.0882. The molecule has 1 aromatic carbocycles. The average molecular weight is 412 g/mol. The van der Waals surface area contributed by atoms with Gasteiger partial charge in [-0.15, -0.1) is 0 Å². The number of amides is 2. The Morgan fingerprint density at radius 3 is 1.96 bits per heavy atom. The van der Waals surface area contributed by atoms with Gasteiger partial charge in [0.25, 0.3) is 11.8 Å². The molecule has 0 fully saturated rings. The number of carbonyl (C=O) groups is 4. The normalized spacial score (nSPS) is 15.6. The number of hydrogen-bond donors (Lipinski definition) is 0. The van der Waals surface area contributed by atoms with E-state index in [0.717, 1.165) is 4.90 Å². The lowest BCUT2D eigenvalue weighted by molar-refractivity contribution is -0.148. The summed E-state index contributed by atoms with van der Waals surface area (Å²) in [6.45, 7) is 3.54. The number of ether oxygens (including phenoxy) is 2. The van der Waals surface area contributed by atoms with Crippen LogP contribution in [0.25, 0.3) is 0 Å². The van der Waals surface area contributed by atoms with Gasteiger partial charge in [0.2, 0.25) is 0 Å². The molecule has 0 N–H and O–H groups in total. The number of imide groups is 1. The quantitative estimate of drug-likeness (QED) is 0.386. The summed E-state index contributed by atoms with van der Waals surface area (Å²) in [5, 5.41) is 0. The smallest absolute Gasteiger partial charge is 0.329 e. The Labute approximate surface area is 153 Å². The summed E-state index contributed by atoms with van der Waals surface area (Å²) in [6.07, 6.45) is -0.136. The van der Waals surface area contributed by atoms with Crippen LogP contribution < -0.4 is 0 Å². The van der Waals surface area contributed by atoms with Crippen LogP contribution in [0.15, 0.2) is 24.3 Å². The minimum atomic E-state index is -1.22. The molecule has 1 aliphatic heterocycles. The van der Waals surface area contributed by atoms with Gasteiger partial charge in [0.1, 0.15) is 10.9 Å². The Kier molecular flexibility index (Phi) is 6.30. The molecule has 134 valence electrons. The Bertz CT molecular complexity index is 669. The van der Waals surface area contributed by atoms with Gasteiger partial charge in [0.15, 0.2) is 0 Å². The van der Waals surface area contributed by atoms with E-state index in [1.807, 2.05) is 0 Å². The third kappa shape index (κ3) is 3.89. The van der Waals surface area contributed by atoms with Gasteiger partial charge >= 0.3 is 11.9 Å². The molecule has 25 heavy (non-hydrogen) atoms. The predicted octanol–water partition coefficient (Wildman–Crippen LogP) is 1.93. The molecule has 0 saturated carbocycles. The summed E-state index contributed by atoms with van der Waals surface area (Å²) in [4.78, 5) is 49.4. The number of benzene rings is 1. The van der Waals surface area contributed by atoms with E-state index >= 15 is 0 Å². The number of alkyl halides is 1. The molecule has 0 spiro atoms. The van der Waals surface area contributed by atoms with Gasteiger partial charge in [0.05, 0.1) is 24.3 Å². The summed E-state index contributed by atoms with van der Waals surface area (Å²) in [5.74, 6) is -2.48. The SMILES string of the molecule is CCOC(=O)[C@@H](Br)C[C@@H](C(=O)OCC)N1C(=O)c2ccccc2C1=O. The van der Waals surface area contributed by atoms with Crippen molar-refractivity contribution >= 4 is 39.7 Å². The van der Waals surface area contributed by atoms with Crippen LogP contribution in [0.3, 0.4) is 0 Å². The molecule has 0 unspecified atom stereocenters. The maximum absolute atomic E-state index is 12.6. The Balaban J connectivity index is 2.30. The van der Waals surface area contributed by atoms with Crippen molar-refractivity contribution in [2.24, 2.45) is 0 Å². The highest BCUT2D eigenvalue weighted by Gasteiger charge is 2.44. The third-order valence-electron chi connectivity index (χ3n) is 3.67. The van der Waals surface area contributed by atoms with Gasteiger partial charge in [0, 0.05) is 6.42 Å². The molecule has 7 nitrogen and oxygen atoms in total. The zero-order valence-corrected chi connectivity index (χ0v) is 15.4. The maximum atomic E-state index is 12.6. The number of hydrogen-bond acceptors (Lipinski definition) is 6. The lowest BCUT2D eigenvalue weighted by Gasteiger charge is -2.25. The van der Waals surface area contributed by atoms with E-state index in [1.54, 1.807) is 26.0 Å². The van der Waals surface area contributed by atoms with E-state index < -0.39 is 34.6 Å². The zero-order valence-electron chi connectivity index (χ0n) is 13.9. The highest BCUT2D eigenvalue weighted by Crippen LogP contribution is 2.27. The van der Waals surface area contributed by atoms with E-state index in [2.05, 4.69) is 15.9 Å². The topological polar surface area (TPSA) is 90.0 Å². The standard InChI is InChI=1S/C17H18BrNO6/c1-3-24-16(22)12(18)9-13(17(23)25-4-2)19-14(20)10-7-5-6-8-11(10)15(19)21/h5-8,12-13H,3-4,9H2,1-2H3/t12-,13-/m0/s1. The molecule has 8 heteroatoms. The van der Waals surface area contributed by atoms with Crippen molar-refractivity contribution in [1.82, 2.24) is 4.90 Å². The molecule has 1 aromatic rings. The Hall–Kier alpha value is -2.22. The third-order valence-corrected chi connectivity index (χ3v) is 4.42. The molecule has 0 aliphatic carbocycles. The Morgan fingerprint density at radius 1 is 1.00 bits per heavy atom. The van der Waals surface area contributed by atoms with E-state index in [4.69, 9.17) is 9.47 Å². The highest BCUT2D eigenvalue weighted by molar-refractivity contribution is 9.10. The van der Waals surface area contributed by atoms with Crippen LogP contribution in [0.5, 0.6) is 0 Å². The van der Waals surface area contributed by atoms with Crippen molar-refractivity contribution in [2.75, 3.05) is 13.2 Å². The lowest BCUT2D eigenvalue weighted by Crippen LogP contribution is -2.47. The monoisotopic (exact) mass is 411 g/mol. The van der Waals surface area contributed by atoms with Crippen LogP contribution in [0.4, 0.5) is 0 Å². The van der Waals surface area contributed by atoms with Crippen LogP contribution in [0.1, 0.15) is 41.0 Å². The minimum Gasteiger partial charge on any atom is -0.465 e. The number of carbonyl (C=O) groups excluding carboxylic acids is 4. The molecule has 2 amide bonds. The molecule has 1 aliphatic rings. The zero-order chi connectivity index (χ0) is 18.6. The molecule has 2 rings (SSSR count). The van der Waals surface area contributed by atoms with Crippen molar-refractivity contribution < 1.29 is 28.7 Å². The van der Waals surface area contributed by atoms with Crippen LogP contribution >= 0.6 is 15.9 Å². The van der Waals surface area contributed by atoms with Crippen molar-refractivity contribution in [1.29, 1.82) is 0 Å². The van der Waals surface area contributed by atoms with Crippen molar-refractivity contribution in [2.45, 2.75) is 31.1 Å². The molecular weight excluding hydrogens is 394 g/mol. The number of esters is 2. The fourth-order valence-corrected chi connectivity index (χ4v) is 3.05. The molecule has 0 aromatic heterocycles. The van der Waals surface area contributed by atoms with Gasteiger partial charge < -0.3 is 9.47 Å². The second-order valence-electron chi connectivity index (χ2n) is 5.25. The van der Waals surface area contributed by atoms with Crippen LogP contribution in [0.2, 0.25) is 0 Å². The first-order valence-electron chi connectivity index (χ1n) is 7.86. The van der Waals surface area contributed by atoms with E-state index in [-0.39, 0.29) is 30.8 Å². The number of halogens is 1. The predicted molar refractivity (Wildman–Crippen MR) is 91.3 cm³/mol. The first-order chi connectivity index (χ1) is 11.9. The Morgan fingerprint density at radius 2 is 1.48 bits per heavy atom. The van der Waals surface area contributed by atoms with E-state index in [0.29, 0.717) is 0 Å². The maximum Gasteiger partial charge on any atom is 0.329 e. The second kappa shape index (κ2) is 8.24. The molecule has 2 atom stereocenters. The molecule has 0 saturated heterocycles. The average Bonchev–Trinajstić information content (AvgIpc) is 2.84. The fraction of sp³-hybridized carbons (Fsp3) is 0.412. The summed E-state index contributed by atoms with van der Waals surface area (Å²) in [5.41, 5.74) is 0.452. The second-order valence-corrected chi connectivity index (χ2v) is 6.35. The first-order valence-corrected chi connectivity index (χ1v) is 8.78. The summed E-state index contributed by atoms with van der Waals surface area (Å²) in [6, 6.07) is 5.10. The van der Waals surface area contributed by atoms with Gasteiger partial charge in [-0.25, -0.2) is 4.79 Å². The molecule has 0 radical (unpaired) electrons. The number of fused-ring (bicyclic) bond motifs is 1. The number of nitrogens with zero attached hydrogens (tertiary/aromatic N) is 1. The van der Waals surface area contributed by atoms with Crippen molar-refractivity contribution in [3.8, 4) is 0 Å². The van der Waals surface area contributed by atoms with Crippen LogP contribution in [-0.4, -0.2) is 52.7 Å². The fourth-order valence-electron chi connectivity index (χ4n) is 2.56. The summed E-state index contributed by atoms with van der Waals surface area (Å²) in [7, 11) is 0. The van der Waals surface area contributed by atoms with Gasteiger partial charge in [-0.1, -0.05) is 28.1 Å². The highest BCUT2D eigenvalue weighted by atomic mass is 79.9. The van der Waals surface area contributed by atoms with E-state index in [1.165, 1.54) is 12.1 Å². The molecular formula is C17H18BrNO6. The molecule has 1 heterocycles. The van der Waals surface area contributed by atoms with Gasteiger partial charge in [-0.05, 0) is 26.0 Å². The first kappa shape index (κ1) is 19.1. The van der Waals surface area contributed by atoms with Gasteiger partial charge in [-0.2, -0.15) is 0 Å². The van der Waals surface area contributed by atoms with Crippen LogP contribution in [0, 0.1) is 0 Å². The van der Waals surface area contributed by atoms with Crippen molar-refractivity contribution in [3.63, 3.8) is 0 Å². The summed E-state index contributed by atoms with van der Waals surface area (Å²) < 4.78 is 9.89.